The van der Waals surface area contributed by atoms with Gasteiger partial charge in [-0.25, -0.2) is 0 Å². The molecule has 5 heteroatoms. The van der Waals surface area contributed by atoms with E-state index in [4.69, 9.17) is 4.52 Å². The fourth-order valence-electron chi connectivity index (χ4n) is 2.93. The molecule has 0 spiro atoms. The van der Waals surface area contributed by atoms with Crippen LogP contribution < -0.4 is 0 Å². The minimum atomic E-state index is -0.110. The van der Waals surface area contributed by atoms with Gasteiger partial charge in [-0.2, -0.15) is 4.98 Å². The third-order valence-corrected chi connectivity index (χ3v) is 3.58. The van der Waals surface area contributed by atoms with Gasteiger partial charge in [0.05, 0.1) is 12.6 Å². The van der Waals surface area contributed by atoms with E-state index in [0.717, 1.165) is 19.4 Å². The summed E-state index contributed by atoms with van der Waals surface area (Å²) in [5, 5.41) is 13.3. The van der Waals surface area contributed by atoms with Crippen LogP contribution in [0.15, 0.2) is 10.9 Å². The van der Waals surface area contributed by atoms with Crippen molar-refractivity contribution < 1.29 is 9.63 Å². The van der Waals surface area contributed by atoms with Gasteiger partial charge in [0.25, 0.3) is 0 Å². The minimum Gasteiger partial charge on any atom is -0.393 e. The van der Waals surface area contributed by atoms with Crippen molar-refractivity contribution in [3.8, 4) is 0 Å². The van der Waals surface area contributed by atoms with Gasteiger partial charge < -0.3 is 9.63 Å². The van der Waals surface area contributed by atoms with Crippen LogP contribution in [0.3, 0.4) is 0 Å². The fraction of sp³-hybridized carbons (Fsp3) is 0.800. The molecule has 1 N–H and O–H groups in total. The SMILES string of the molecule is OC1CC2CCC(C1)N2Cc1ncno1. The average Bonchev–Trinajstić information content (AvgIpc) is 2.77. The maximum atomic E-state index is 9.66. The summed E-state index contributed by atoms with van der Waals surface area (Å²) in [6.07, 6.45) is 5.50. The summed E-state index contributed by atoms with van der Waals surface area (Å²) in [6.45, 7) is 0.738. The Bertz CT molecular complexity index is 313. The van der Waals surface area contributed by atoms with E-state index in [9.17, 15) is 5.11 Å². The lowest BCUT2D eigenvalue weighted by atomic mass is 10.00. The lowest BCUT2D eigenvalue weighted by molar-refractivity contribution is 0.0256. The Kier molecular flexibility index (Phi) is 2.21. The Morgan fingerprint density at radius 3 is 2.73 bits per heavy atom. The first-order valence-electron chi connectivity index (χ1n) is 5.52. The average molecular weight is 209 g/mol. The van der Waals surface area contributed by atoms with Crippen LogP contribution in [0.2, 0.25) is 0 Å². The topological polar surface area (TPSA) is 62.4 Å². The quantitative estimate of drug-likeness (QED) is 0.771. The predicted molar refractivity (Wildman–Crippen MR) is 51.9 cm³/mol. The third kappa shape index (κ3) is 1.66. The van der Waals surface area contributed by atoms with Crippen molar-refractivity contribution in [3.63, 3.8) is 0 Å². The van der Waals surface area contributed by atoms with Crippen molar-refractivity contribution in [3.05, 3.63) is 12.2 Å². The standard InChI is InChI=1S/C10H15N3O2/c14-9-3-7-1-2-8(4-9)13(7)5-10-11-6-12-15-10/h6-9,14H,1-5H2. The zero-order valence-corrected chi connectivity index (χ0v) is 8.54. The van der Waals surface area contributed by atoms with E-state index in [-0.39, 0.29) is 6.10 Å². The summed E-state index contributed by atoms with van der Waals surface area (Å²) in [5.74, 6) is 0.684. The van der Waals surface area contributed by atoms with Gasteiger partial charge in [0, 0.05) is 12.1 Å². The van der Waals surface area contributed by atoms with Gasteiger partial charge >= 0.3 is 0 Å². The van der Waals surface area contributed by atoms with Crippen molar-refractivity contribution in [1.29, 1.82) is 0 Å². The van der Waals surface area contributed by atoms with Crippen molar-refractivity contribution in [2.75, 3.05) is 0 Å². The molecular weight excluding hydrogens is 194 g/mol. The van der Waals surface area contributed by atoms with Crippen LogP contribution in [-0.4, -0.2) is 38.3 Å². The van der Waals surface area contributed by atoms with Crippen LogP contribution in [0.4, 0.5) is 0 Å². The van der Waals surface area contributed by atoms with Gasteiger partial charge in [0.2, 0.25) is 5.89 Å². The predicted octanol–water partition coefficient (Wildman–Crippen LogP) is 0.557. The first-order valence-corrected chi connectivity index (χ1v) is 5.52. The molecule has 0 aromatic carbocycles. The van der Waals surface area contributed by atoms with Gasteiger partial charge in [0.15, 0.2) is 6.33 Å². The molecule has 1 aromatic heterocycles. The second-order valence-corrected chi connectivity index (χ2v) is 4.52. The van der Waals surface area contributed by atoms with Crippen LogP contribution >= 0.6 is 0 Å². The zero-order valence-electron chi connectivity index (χ0n) is 8.54. The monoisotopic (exact) mass is 209 g/mol. The van der Waals surface area contributed by atoms with Crippen molar-refractivity contribution in [2.24, 2.45) is 0 Å². The van der Waals surface area contributed by atoms with Crippen LogP contribution in [0.25, 0.3) is 0 Å². The fourth-order valence-corrected chi connectivity index (χ4v) is 2.93. The Morgan fingerprint density at radius 1 is 1.40 bits per heavy atom. The van der Waals surface area contributed by atoms with E-state index in [1.165, 1.54) is 19.2 Å². The number of aliphatic hydroxyl groups is 1. The van der Waals surface area contributed by atoms with Gasteiger partial charge in [-0.05, 0) is 25.7 Å². The normalized spacial score (nSPS) is 35.9. The summed E-state index contributed by atoms with van der Waals surface area (Å²) in [6, 6.07) is 1.01. The second-order valence-electron chi connectivity index (χ2n) is 4.52. The molecule has 2 aliphatic rings. The summed E-state index contributed by atoms with van der Waals surface area (Å²) in [5.41, 5.74) is 0. The van der Waals surface area contributed by atoms with Crippen LogP contribution in [0.5, 0.6) is 0 Å². The molecule has 3 rings (SSSR count). The summed E-state index contributed by atoms with van der Waals surface area (Å²) >= 11 is 0. The maximum absolute atomic E-state index is 9.66. The molecule has 2 bridgehead atoms. The van der Waals surface area contributed by atoms with E-state index in [1.807, 2.05) is 0 Å². The number of aliphatic hydroxyl groups excluding tert-OH is 1. The molecule has 2 fully saturated rings. The van der Waals surface area contributed by atoms with Crippen LogP contribution in [0, 0.1) is 0 Å². The molecule has 5 nitrogen and oxygen atoms in total. The molecule has 15 heavy (non-hydrogen) atoms. The van der Waals surface area contributed by atoms with Crippen molar-refractivity contribution >= 4 is 0 Å². The summed E-state index contributed by atoms with van der Waals surface area (Å²) in [4.78, 5) is 6.45. The number of nitrogens with zero attached hydrogens (tertiary/aromatic N) is 3. The highest BCUT2D eigenvalue weighted by atomic mass is 16.5. The molecule has 0 aliphatic carbocycles. The molecule has 82 valence electrons. The van der Waals surface area contributed by atoms with E-state index < -0.39 is 0 Å². The Labute approximate surface area is 88.1 Å². The summed E-state index contributed by atoms with van der Waals surface area (Å²) in [7, 11) is 0. The van der Waals surface area contributed by atoms with Gasteiger partial charge in [0.1, 0.15) is 0 Å². The molecule has 2 atom stereocenters. The number of hydrogen-bond acceptors (Lipinski definition) is 5. The molecule has 0 saturated carbocycles. The maximum Gasteiger partial charge on any atom is 0.240 e. The number of aromatic nitrogens is 2. The molecule has 3 heterocycles. The smallest absolute Gasteiger partial charge is 0.240 e. The summed E-state index contributed by atoms with van der Waals surface area (Å²) < 4.78 is 5.02. The highest BCUT2D eigenvalue weighted by Crippen LogP contribution is 2.36. The van der Waals surface area contributed by atoms with Crippen molar-refractivity contribution in [1.82, 2.24) is 15.0 Å². The highest BCUT2D eigenvalue weighted by molar-refractivity contribution is 4.96. The number of fused-ring (bicyclic) bond motifs is 2. The molecule has 2 unspecified atom stereocenters. The van der Waals surface area contributed by atoms with Gasteiger partial charge in [-0.1, -0.05) is 5.16 Å². The largest absolute Gasteiger partial charge is 0.393 e. The van der Waals surface area contributed by atoms with Gasteiger partial charge in [-0.15, -0.1) is 0 Å². The van der Waals surface area contributed by atoms with E-state index in [1.54, 1.807) is 0 Å². The zero-order chi connectivity index (χ0) is 10.3. The molecule has 0 amide bonds. The second kappa shape index (κ2) is 3.57. The lowest BCUT2D eigenvalue weighted by Crippen LogP contribution is -2.44. The van der Waals surface area contributed by atoms with Gasteiger partial charge in [-0.3, -0.25) is 4.90 Å². The number of hydrogen-bond donors (Lipinski definition) is 1. The van der Waals surface area contributed by atoms with E-state index in [2.05, 4.69) is 15.0 Å². The molecule has 1 aromatic rings. The number of rotatable bonds is 2. The van der Waals surface area contributed by atoms with Crippen molar-refractivity contribution in [2.45, 2.75) is 50.4 Å². The highest BCUT2D eigenvalue weighted by Gasteiger charge is 2.40. The van der Waals surface area contributed by atoms with Crippen LogP contribution in [-0.2, 0) is 6.54 Å². The Balaban J connectivity index is 1.72. The molecule has 2 saturated heterocycles. The first kappa shape index (κ1) is 9.30. The molecular formula is C10H15N3O2. The first-order chi connectivity index (χ1) is 7.33. The third-order valence-electron chi connectivity index (χ3n) is 3.58. The van der Waals surface area contributed by atoms with E-state index in [0.29, 0.717) is 18.0 Å². The number of piperidine rings is 1. The van der Waals surface area contributed by atoms with Crippen LogP contribution in [0.1, 0.15) is 31.6 Å². The Hall–Kier alpha value is -0.940. The van der Waals surface area contributed by atoms with E-state index >= 15 is 0 Å². The Morgan fingerprint density at radius 2 is 2.13 bits per heavy atom. The molecule has 2 aliphatic heterocycles. The molecule has 0 radical (unpaired) electrons. The lowest BCUT2D eigenvalue weighted by Gasteiger charge is -2.36. The minimum absolute atomic E-state index is 0.110.